The van der Waals surface area contributed by atoms with Gasteiger partial charge in [0.15, 0.2) is 0 Å². The zero-order chi connectivity index (χ0) is 7.11. The fourth-order valence-corrected chi connectivity index (χ4v) is 0.478. The molecular formula is C8H10CdO. The zero-order valence-electron chi connectivity index (χ0n) is 6.21. The smallest absolute Gasteiger partial charge is 0.857 e. The standard InChI is InChI=1S/C7H7.CH3O.Cd/c1-7-5-3-2-4-6-7;1-2;/h2-6H,1H2;1H3;/q2*-1;+2. The van der Waals surface area contributed by atoms with Gasteiger partial charge in [-0.1, -0.05) is 6.07 Å². The van der Waals surface area contributed by atoms with Crippen LogP contribution in [0.3, 0.4) is 0 Å². The fraction of sp³-hybridized carbons (Fsp3) is 0.125. The molecule has 0 aromatic heterocycles. The van der Waals surface area contributed by atoms with Crippen molar-refractivity contribution in [1.29, 1.82) is 0 Å². The van der Waals surface area contributed by atoms with Gasteiger partial charge in [-0.25, -0.2) is 0 Å². The van der Waals surface area contributed by atoms with Crippen LogP contribution >= 0.6 is 0 Å². The average Bonchev–Trinajstić information content (AvgIpc) is 1.94. The first-order chi connectivity index (χ1) is 4.39. The van der Waals surface area contributed by atoms with Gasteiger partial charge in [-0.15, -0.1) is 12.1 Å². The molecule has 1 rings (SSSR count). The van der Waals surface area contributed by atoms with Crippen molar-refractivity contribution in [2.45, 2.75) is 0 Å². The van der Waals surface area contributed by atoms with Gasteiger partial charge < -0.3 is 5.11 Å². The van der Waals surface area contributed by atoms with E-state index in [4.69, 9.17) is 5.11 Å². The topological polar surface area (TPSA) is 23.1 Å². The van der Waals surface area contributed by atoms with Crippen molar-refractivity contribution in [2.75, 3.05) is 7.11 Å². The summed E-state index contributed by atoms with van der Waals surface area (Å²) in [7, 11) is 0.750. The molecule has 1 aromatic rings. The molecule has 1 aromatic carbocycles. The molecule has 0 spiro atoms. The Morgan fingerprint density at radius 1 is 1.10 bits per heavy atom. The molecule has 0 heterocycles. The van der Waals surface area contributed by atoms with Crippen molar-refractivity contribution in [2.24, 2.45) is 0 Å². The van der Waals surface area contributed by atoms with Crippen LogP contribution < -0.4 is 5.11 Å². The van der Waals surface area contributed by atoms with E-state index >= 15 is 0 Å². The third-order valence-corrected chi connectivity index (χ3v) is 0.843. The van der Waals surface area contributed by atoms with E-state index in [-0.39, 0.29) is 27.3 Å². The summed E-state index contributed by atoms with van der Waals surface area (Å²) in [6, 6.07) is 9.87. The van der Waals surface area contributed by atoms with E-state index in [1.54, 1.807) is 0 Å². The summed E-state index contributed by atoms with van der Waals surface area (Å²) in [5, 5.41) is 8.25. The van der Waals surface area contributed by atoms with Crippen LogP contribution in [0.4, 0.5) is 0 Å². The maximum Gasteiger partial charge on any atom is 2.00 e. The molecule has 0 N–H and O–H groups in total. The first kappa shape index (κ1) is 12.6. The number of rotatable bonds is 0. The van der Waals surface area contributed by atoms with Crippen LogP contribution in [0.25, 0.3) is 0 Å². The van der Waals surface area contributed by atoms with Crippen LogP contribution in [0.15, 0.2) is 30.3 Å². The Kier molecular flexibility index (Phi) is 11.3. The van der Waals surface area contributed by atoms with E-state index in [1.807, 2.05) is 30.3 Å². The van der Waals surface area contributed by atoms with E-state index in [9.17, 15) is 0 Å². The molecule has 0 bridgehead atoms. The molecule has 0 saturated heterocycles. The number of benzene rings is 1. The van der Waals surface area contributed by atoms with E-state index in [1.165, 1.54) is 0 Å². The van der Waals surface area contributed by atoms with Crippen LogP contribution in [-0.4, -0.2) is 7.11 Å². The van der Waals surface area contributed by atoms with Crippen molar-refractivity contribution < 1.29 is 32.4 Å². The SMILES string of the molecule is C[O-].[CH2-]c1ccccc1.[Cd+2]. The second kappa shape index (κ2) is 8.97. The average molecular weight is 235 g/mol. The molecule has 0 fully saturated rings. The summed E-state index contributed by atoms with van der Waals surface area (Å²) >= 11 is 0. The molecular weight excluding hydrogens is 224 g/mol. The molecule has 0 atom stereocenters. The molecule has 0 aliphatic heterocycles. The maximum absolute atomic E-state index is 8.25. The summed E-state index contributed by atoms with van der Waals surface area (Å²) in [6.45, 7) is 3.72. The number of hydrogen-bond acceptors (Lipinski definition) is 1. The van der Waals surface area contributed by atoms with E-state index in [0.29, 0.717) is 0 Å². The largest absolute Gasteiger partial charge is 2.00 e. The second-order valence-corrected chi connectivity index (χ2v) is 1.49. The van der Waals surface area contributed by atoms with Gasteiger partial charge in [-0.3, -0.25) is 0 Å². The monoisotopic (exact) mass is 236 g/mol. The van der Waals surface area contributed by atoms with Gasteiger partial charge in [0.05, 0.1) is 0 Å². The molecule has 0 amide bonds. The van der Waals surface area contributed by atoms with Crippen LogP contribution in [0.1, 0.15) is 5.56 Å². The first-order valence-electron chi connectivity index (χ1n) is 2.67. The van der Waals surface area contributed by atoms with E-state index in [2.05, 4.69) is 6.92 Å². The van der Waals surface area contributed by atoms with Gasteiger partial charge in [0.25, 0.3) is 0 Å². The molecule has 10 heavy (non-hydrogen) atoms. The molecule has 0 radical (unpaired) electrons. The summed E-state index contributed by atoms with van der Waals surface area (Å²) in [5.74, 6) is 0. The summed E-state index contributed by atoms with van der Waals surface area (Å²) in [6.07, 6.45) is 0. The predicted octanol–water partition coefficient (Wildman–Crippen LogP) is 0.843. The molecule has 0 unspecified atom stereocenters. The normalized spacial score (nSPS) is 6.60. The minimum atomic E-state index is 0. The van der Waals surface area contributed by atoms with Crippen LogP contribution in [0.2, 0.25) is 0 Å². The van der Waals surface area contributed by atoms with Crippen molar-refractivity contribution >= 4 is 0 Å². The third-order valence-electron chi connectivity index (χ3n) is 0.843. The third kappa shape index (κ3) is 6.10. The minimum absolute atomic E-state index is 0. The Labute approximate surface area is 82.2 Å². The van der Waals surface area contributed by atoms with Gasteiger partial charge >= 0.3 is 27.3 Å². The minimum Gasteiger partial charge on any atom is -0.857 e. The van der Waals surface area contributed by atoms with Crippen molar-refractivity contribution in [3.05, 3.63) is 42.8 Å². The summed E-state index contributed by atoms with van der Waals surface area (Å²) < 4.78 is 0. The number of hydrogen-bond donors (Lipinski definition) is 0. The Hall–Kier alpha value is -0.0279. The second-order valence-electron chi connectivity index (χ2n) is 1.49. The van der Waals surface area contributed by atoms with Gasteiger partial charge in [0, 0.05) is 0 Å². The molecule has 1 nitrogen and oxygen atoms in total. The van der Waals surface area contributed by atoms with Crippen LogP contribution in [0, 0.1) is 6.92 Å². The predicted molar refractivity (Wildman–Crippen MR) is 36.8 cm³/mol. The van der Waals surface area contributed by atoms with Gasteiger partial charge in [0.1, 0.15) is 0 Å². The summed E-state index contributed by atoms with van der Waals surface area (Å²) in [5.41, 5.74) is 1.07. The van der Waals surface area contributed by atoms with Gasteiger partial charge in [-0.2, -0.15) is 31.7 Å². The van der Waals surface area contributed by atoms with Crippen molar-refractivity contribution in [3.8, 4) is 0 Å². The fourth-order valence-electron chi connectivity index (χ4n) is 0.478. The maximum atomic E-state index is 8.25. The van der Waals surface area contributed by atoms with E-state index < -0.39 is 0 Å². The van der Waals surface area contributed by atoms with E-state index in [0.717, 1.165) is 12.7 Å². The summed E-state index contributed by atoms with van der Waals surface area (Å²) in [4.78, 5) is 0. The molecule has 0 aliphatic carbocycles. The van der Waals surface area contributed by atoms with Crippen LogP contribution in [-0.2, 0) is 27.3 Å². The Balaban J connectivity index is 0. The Morgan fingerprint density at radius 2 is 1.50 bits per heavy atom. The van der Waals surface area contributed by atoms with Gasteiger partial charge in [0.2, 0.25) is 0 Å². The van der Waals surface area contributed by atoms with Crippen molar-refractivity contribution in [1.82, 2.24) is 0 Å². The Bertz CT molecular complexity index is 139. The Morgan fingerprint density at radius 3 is 1.70 bits per heavy atom. The quantitative estimate of drug-likeness (QED) is 0.482. The first-order valence-corrected chi connectivity index (χ1v) is 2.67. The zero-order valence-corrected chi connectivity index (χ0v) is 10.2. The molecule has 0 saturated carbocycles. The molecule has 0 aliphatic rings. The van der Waals surface area contributed by atoms with Crippen molar-refractivity contribution in [3.63, 3.8) is 0 Å². The van der Waals surface area contributed by atoms with Gasteiger partial charge in [-0.05, 0) is 0 Å². The van der Waals surface area contributed by atoms with Crippen LogP contribution in [0.5, 0.6) is 0 Å². The molecule has 50 valence electrons. The molecule has 2 heteroatoms.